The number of nitrogens with zero attached hydrogens (tertiary/aromatic N) is 1. The first-order valence-electron chi connectivity index (χ1n) is 7.54. The third kappa shape index (κ3) is 5.11. The molecule has 1 fully saturated rings. The molecule has 0 aromatic heterocycles. The van der Waals surface area contributed by atoms with E-state index in [1.165, 1.54) is 12.8 Å². The van der Waals surface area contributed by atoms with Crippen molar-refractivity contribution in [2.75, 3.05) is 13.2 Å². The van der Waals surface area contributed by atoms with Gasteiger partial charge in [0.1, 0.15) is 5.75 Å². The molecule has 0 atom stereocenters. The van der Waals surface area contributed by atoms with Crippen LogP contribution >= 0.6 is 0 Å². The third-order valence-corrected chi connectivity index (χ3v) is 3.40. The van der Waals surface area contributed by atoms with E-state index in [9.17, 15) is 0 Å². The van der Waals surface area contributed by atoms with Crippen LogP contribution in [-0.4, -0.2) is 19.1 Å². The second kappa shape index (κ2) is 7.78. The van der Waals surface area contributed by atoms with Crippen LogP contribution in [0.4, 0.5) is 0 Å². The summed E-state index contributed by atoms with van der Waals surface area (Å²) in [5, 5.41) is 3.12. The molecule has 4 nitrogen and oxygen atoms in total. The van der Waals surface area contributed by atoms with Crippen LogP contribution in [-0.2, 0) is 6.54 Å². The zero-order valence-corrected chi connectivity index (χ0v) is 12.3. The van der Waals surface area contributed by atoms with E-state index < -0.39 is 0 Å². The predicted octanol–water partition coefficient (Wildman–Crippen LogP) is 2.68. The number of hydrogen-bond donors (Lipinski definition) is 2. The maximum absolute atomic E-state index is 5.86. The number of hydrogen-bond acceptors (Lipinski definition) is 2. The lowest BCUT2D eigenvalue weighted by atomic mass is 10.2. The van der Waals surface area contributed by atoms with Crippen molar-refractivity contribution in [1.82, 2.24) is 5.32 Å². The molecule has 0 unspecified atom stereocenters. The summed E-state index contributed by atoms with van der Waals surface area (Å²) < 4.78 is 5.86. The number of nitrogens with one attached hydrogen (secondary N) is 1. The van der Waals surface area contributed by atoms with Crippen molar-refractivity contribution in [2.45, 2.75) is 39.2 Å². The van der Waals surface area contributed by atoms with Crippen LogP contribution in [0.15, 0.2) is 29.3 Å². The molecule has 2 rings (SSSR count). The van der Waals surface area contributed by atoms with E-state index in [0.29, 0.717) is 12.5 Å². The zero-order valence-electron chi connectivity index (χ0n) is 12.3. The van der Waals surface area contributed by atoms with Gasteiger partial charge in [-0.25, -0.2) is 4.99 Å². The van der Waals surface area contributed by atoms with Crippen LogP contribution in [0.5, 0.6) is 5.75 Å². The van der Waals surface area contributed by atoms with Gasteiger partial charge in [0.25, 0.3) is 0 Å². The molecule has 1 aliphatic rings. The van der Waals surface area contributed by atoms with E-state index in [4.69, 9.17) is 10.5 Å². The highest BCUT2D eigenvalue weighted by atomic mass is 16.5. The van der Waals surface area contributed by atoms with Crippen molar-refractivity contribution in [3.8, 4) is 5.75 Å². The van der Waals surface area contributed by atoms with Gasteiger partial charge in [-0.15, -0.1) is 0 Å². The van der Waals surface area contributed by atoms with Crippen molar-refractivity contribution in [3.63, 3.8) is 0 Å². The quantitative estimate of drug-likeness (QED) is 0.435. The second-order valence-electron chi connectivity index (χ2n) is 5.34. The number of rotatable bonds is 8. The Balaban J connectivity index is 1.85. The van der Waals surface area contributed by atoms with E-state index in [0.717, 1.165) is 43.2 Å². The highest BCUT2D eigenvalue weighted by molar-refractivity contribution is 5.77. The number of ether oxygens (including phenoxy) is 1. The number of aliphatic imine (C=N–C) groups is 1. The Kier molecular flexibility index (Phi) is 5.71. The van der Waals surface area contributed by atoms with E-state index in [2.05, 4.69) is 17.2 Å². The Morgan fingerprint density at radius 1 is 1.40 bits per heavy atom. The van der Waals surface area contributed by atoms with Crippen molar-refractivity contribution in [3.05, 3.63) is 29.8 Å². The maximum Gasteiger partial charge on any atom is 0.188 e. The number of benzene rings is 1. The summed E-state index contributed by atoms with van der Waals surface area (Å²) in [4.78, 5) is 4.37. The summed E-state index contributed by atoms with van der Waals surface area (Å²) in [6.45, 7) is 4.42. The van der Waals surface area contributed by atoms with Crippen LogP contribution in [0, 0.1) is 5.92 Å². The van der Waals surface area contributed by atoms with E-state index >= 15 is 0 Å². The van der Waals surface area contributed by atoms with Gasteiger partial charge in [0.2, 0.25) is 0 Å². The summed E-state index contributed by atoms with van der Waals surface area (Å²) in [7, 11) is 0. The molecule has 0 radical (unpaired) electrons. The second-order valence-corrected chi connectivity index (χ2v) is 5.34. The molecule has 110 valence electrons. The molecule has 20 heavy (non-hydrogen) atoms. The van der Waals surface area contributed by atoms with Crippen LogP contribution in [0.3, 0.4) is 0 Å². The molecule has 1 saturated carbocycles. The Hall–Kier alpha value is -1.71. The van der Waals surface area contributed by atoms with Crippen molar-refractivity contribution in [2.24, 2.45) is 16.6 Å². The molecule has 0 saturated heterocycles. The Morgan fingerprint density at radius 3 is 2.95 bits per heavy atom. The SMILES string of the molecule is CCCCNC(N)=NCc1ccccc1OCC1CC1. The number of para-hydroxylation sites is 1. The van der Waals surface area contributed by atoms with Gasteiger partial charge in [-0.2, -0.15) is 0 Å². The highest BCUT2D eigenvalue weighted by Crippen LogP contribution is 2.30. The molecule has 0 heterocycles. The Bertz CT molecular complexity index is 441. The molecule has 0 amide bonds. The fourth-order valence-electron chi connectivity index (χ4n) is 1.89. The topological polar surface area (TPSA) is 59.6 Å². The van der Waals surface area contributed by atoms with Crippen molar-refractivity contribution in [1.29, 1.82) is 0 Å². The predicted molar refractivity (Wildman–Crippen MR) is 82.9 cm³/mol. The van der Waals surface area contributed by atoms with Gasteiger partial charge in [0, 0.05) is 12.1 Å². The minimum absolute atomic E-state index is 0.510. The lowest BCUT2D eigenvalue weighted by Crippen LogP contribution is -2.32. The molecule has 1 aliphatic carbocycles. The fraction of sp³-hybridized carbons (Fsp3) is 0.562. The zero-order chi connectivity index (χ0) is 14.2. The smallest absolute Gasteiger partial charge is 0.188 e. The van der Waals surface area contributed by atoms with Gasteiger partial charge in [-0.05, 0) is 31.2 Å². The molecule has 0 aliphatic heterocycles. The van der Waals surface area contributed by atoms with Gasteiger partial charge in [-0.1, -0.05) is 31.5 Å². The van der Waals surface area contributed by atoms with Gasteiger partial charge < -0.3 is 15.8 Å². The highest BCUT2D eigenvalue weighted by Gasteiger charge is 2.22. The van der Waals surface area contributed by atoms with Crippen LogP contribution in [0.1, 0.15) is 38.2 Å². The summed E-state index contributed by atoms with van der Waals surface area (Å²) in [6.07, 6.45) is 4.86. The van der Waals surface area contributed by atoms with E-state index in [1.54, 1.807) is 0 Å². The first-order chi connectivity index (χ1) is 9.79. The molecule has 1 aromatic carbocycles. The summed E-state index contributed by atoms with van der Waals surface area (Å²) in [5.41, 5.74) is 6.93. The fourth-order valence-corrected chi connectivity index (χ4v) is 1.89. The van der Waals surface area contributed by atoms with Gasteiger partial charge in [-0.3, -0.25) is 0 Å². The summed E-state index contributed by atoms with van der Waals surface area (Å²) in [5.74, 6) is 2.20. The van der Waals surface area contributed by atoms with Crippen molar-refractivity contribution < 1.29 is 4.74 Å². The largest absolute Gasteiger partial charge is 0.493 e. The minimum Gasteiger partial charge on any atom is -0.493 e. The number of nitrogens with two attached hydrogens (primary N) is 1. The molecule has 3 N–H and O–H groups in total. The minimum atomic E-state index is 0.510. The van der Waals surface area contributed by atoms with E-state index in [1.807, 2.05) is 24.3 Å². The average Bonchev–Trinajstić information content (AvgIpc) is 3.28. The van der Waals surface area contributed by atoms with E-state index in [-0.39, 0.29) is 0 Å². The summed E-state index contributed by atoms with van der Waals surface area (Å²) >= 11 is 0. The van der Waals surface area contributed by atoms with Crippen LogP contribution < -0.4 is 15.8 Å². The van der Waals surface area contributed by atoms with Crippen molar-refractivity contribution >= 4 is 5.96 Å². The van der Waals surface area contributed by atoms with Crippen LogP contribution in [0.25, 0.3) is 0 Å². The number of guanidine groups is 1. The lowest BCUT2D eigenvalue weighted by Gasteiger charge is -2.10. The molecule has 0 bridgehead atoms. The maximum atomic E-state index is 5.86. The number of unbranched alkanes of at least 4 members (excludes halogenated alkanes) is 1. The van der Waals surface area contributed by atoms with Gasteiger partial charge in [0.15, 0.2) is 5.96 Å². The van der Waals surface area contributed by atoms with Gasteiger partial charge >= 0.3 is 0 Å². The molecule has 4 heteroatoms. The lowest BCUT2D eigenvalue weighted by molar-refractivity contribution is 0.297. The first kappa shape index (κ1) is 14.7. The third-order valence-electron chi connectivity index (χ3n) is 3.40. The standard InChI is InChI=1S/C16H25N3O/c1-2-3-10-18-16(17)19-11-14-6-4-5-7-15(14)20-12-13-8-9-13/h4-7,13H,2-3,8-12H2,1H3,(H3,17,18,19). The van der Waals surface area contributed by atoms with Crippen LogP contribution in [0.2, 0.25) is 0 Å². The molecular weight excluding hydrogens is 250 g/mol. The molecule has 0 spiro atoms. The average molecular weight is 275 g/mol. The molecule has 1 aromatic rings. The monoisotopic (exact) mass is 275 g/mol. The normalized spacial score (nSPS) is 15.2. The van der Waals surface area contributed by atoms with Gasteiger partial charge in [0.05, 0.1) is 13.2 Å². The summed E-state index contributed by atoms with van der Waals surface area (Å²) in [6, 6.07) is 8.06. The Labute approximate surface area is 121 Å². The molecular formula is C16H25N3O. The first-order valence-corrected chi connectivity index (χ1v) is 7.54. The Morgan fingerprint density at radius 2 is 2.20 bits per heavy atom.